The van der Waals surface area contributed by atoms with Gasteiger partial charge in [0.15, 0.2) is 10.0 Å². The summed E-state index contributed by atoms with van der Waals surface area (Å²) in [7, 11) is 0. The van der Waals surface area contributed by atoms with Crippen LogP contribution in [0.15, 0.2) is 39.2 Å². The van der Waals surface area contributed by atoms with Crippen LogP contribution >= 0.6 is 23.1 Å². The van der Waals surface area contributed by atoms with E-state index in [-0.39, 0.29) is 23.3 Å². The number of amides is 2. The zero-order valence-electron chi connectivity index (χ0n) is 15.0. The van der Waals surface area contributed by atoms with Crippen molar-refractivity contribution in [3.8, 4) is 0 Å². The second-order valence-corrected chi connectivity index (χ2v) is 8.62. The van der Waals surface area contributed by atoms with E-state index in [2.05, 4.69) is 26.0 Å². The minimum absolute atomic E-state index is 0.134. The quantitative estimate of drug-likeness (QED) is 0.447. The van der Waals surface area contributed by atoms with Crippen molar-refractivity contribution >= 4 is 45.7 Å². The number of anilines is 2. The first kappa shape index (κ1) is 18.6. The molecule has 0 radical (unpaired) electrons. The Labute approximate surface area is 169 Å². The van der Waals surface area contributed by atoms with Crippen LogP contribution in [0.4, 0.5) is 10.8 Å². The molecule has 0 atom stereocenters. The van der Waals surface area contributed by atoms with Crippen molar-refractivity contribution in [2.75, 3.05) is 16.4 Å². The molecule has 2 aromatic heterocycles. The van der Waals surface area contributed by atoms with Crippen LogP contribution < -0.4 is 10.6 Å². The predicted octanol–water partition coefficient (Wildman–Crippen LogP) is 3.70. The third kappa shape index (κ3) is 4.76. The number of thioether (sulfide) groups is 1. The lowest BCUT2D eigenvalue weighted by Gasteiger charge is -2.04. The minimum atomic E-state index is -0.388. The average molecular weight is 416 g/mol. The Morgan fingerprint density at radius 2 is 2.00 bits per heavy atom. The van der Waals surface area contributed by atoms with Crippen LogP contribution in [0.1, 0.15) is 40.6 Å². The van der Waals surface area contributed by atoms with Gasteiger partial charge >= 0.3 is 0 Å². The summed E-state index contributed by atoms with van der Waals surface area (Å²) in [5.41, 5.74) is 2.11. The van der Waals surface area contributed by atoms with Gasteiger partial charge in [0.2, 0.25) is 11.0 Å². The standard InChI is InChI=1S/C18H17N5O3S2/c1-10-2-6-12(7-3-10)19-15(24)9-27-18-22-21-17(28-18)20-16(25)13-8-14(26-23-13)11-4-5-11/h2-3,6-8,11H,4-5,9H2,1H3,(H,19,24)(H,20,21,25). The highest BCUT2D eigenvalue weighted by atomic mass is 32.2. The first-order valence-electron chi connectivity index (χ1n) is 8.67. The van der Waals surface area contributed by atoms with E-state index in [1.54, 1.807) is 6.07 Å². The molecule has 0 bridgehead atoms. The van der Waals surface area contributed by atoms with Crippen LogP contribution in [-0.4, -0.2) is 32.9 Å². The van der Waals surface area contributed by atoms with Crippen molar-refractivity contribution in [1.82, 2.24) is 15.4 Å². The number of carbonyl (C=O) groups excluding carboxylic acids is 2. The zero-order chi connectivity index (χ0) is 19.5. The Balaban J connectivity index is 1.27. The molecule has 1 aliphatic carbocycles. The predicted molar refractivity (Wildman–Crippen MR) is 107 cm³/mol. The highest BCUT2D eigenvalue weighted by Crippen LogP contribution is 2.40. The van der Waals surface area contributed by atoms with Gasteiger partial charge in [-0.3, -0.25) is 14.9 Å². The smallest absolute Gasteiger partial charge is 0.279 e. The molecule has 2 heterocycles. The second kappa shape index (κ2) is 8.11. The van der Waals surface area contributed by atoms with Crippen molar-refractivity contribution in [2.45, 2.75) is 30.0 Å². The summed E-state index contributed by atoms with van der Waals surface area (Å²) < 4.78 is 5.77. The maximum atomic E-state index is 12.2. The molecular formula is C18H17N5O3S2. The molecule has 1 aliphatic rings. The molecule has 0 spiro atoms. The Morgan fingerprint density at radius 3 is 2.75 bits per heavy atom. The van der Waals surface area contributed by atoms with Crippen LogP contribution in [0.2, 0.25) is 0 Å². The molecule has 28 heavy (non-hydrogen) atoms. The van der Waals surface area contributed by atoms with E-state index < -0.39 is 0 Å². The van der Waals surface area contributed by atoms with Crippen molar-refractivity contribution in [2.24, 2.45) is 0 Å². The molecule has 1 fully saturated rings. The highest BCUT2D eigenvalue weighted by Gasteiger charge is 2.29. The minimum Gasteiger partial charge on any atom is -0.360 e. The number of nitrogens with one attached hydrogen (secondary N) is 2. The summed E-state index contributed by atoms with van der Waals surface area (Å²) in [6, 6.07) is 9.25. The summed E-state index contributed by atoms with van der Waals surface area (Å²) in [5.74, 6) is 0.818. The number of aromatic nitrogens is 3. The molecule has 3 aromatic rings. The van der Waals surface area contributed by atoms with Gasteiger partial charge in [0, 0.05) is 17.7 Å². The number of benzene rings is 1. The summed E-state index contributed by atoms with van der Waals surface area (Å²) in [5, 5.41) is 17.5. The molecular weight excluding hydrogens is 398 g/mol. The molecule has 8 nitrogen and oxygen atoms in total. The lowest BCUT2D eigenvalue weighted by Crippen LogP contribution is -2.13. The second-order valence-electron chi connectivity index (χ2n) is 6.42. The maximum absolute atomic E-state index is 12.2. The van der Waals surface area contributed by atoms with Crippen LogP contribution in [0.5, 0.6) is 0 Å². The molecule has 1 saturated carbocycles. The van der Waals surface area contributed by atoms with Crippen LogP contribution in [0, 0.1) is 6.92 Å². The van der Waals surface area contributed by atoms with Gasteiger partial charge in [-0.25, -0.2) is 0 Å². The van der Waals surface area contributed by atoms with Crippen molar-refractivity contribution in [3.63, 3.8) is 0 Å². The molecule has 10 heteroatoms. The van der Waals surface area contributed by atoms with Crippen LogP contribution in [0.25, 0.3) is 0 Å². The van der Waals surface area contributed by atoms with E-state index in [9.17, 15) is 9.59 Å². The van der Waals surface area contributed by atoms with Gasteiger partial charge < -0.3 is 9.84 Å². The Hall–Kier alpha value is -2.72. The van der Waals surface area contributed by atoms with Gasteiger partial charge in [-0.05, 0) is 31.9 Å². The Kier molecular flexibility index (Phi) is 5.40. The maximum Gasteiger partial charge on any atom is 0.279 e. The van der Waals surface area contributed by atoms with Crippen molar-refractivity contribution in [1.29, 1.82) is 0 Å². The fourth-order valence-corrected chi connectivity index (χ4v) is 3.94. The van der Waals surface area contributed by atoms with Crippen LogP contribution in [0.3, 0.4) is 0 Å². The zero-order valence-corrected chi connectivity index (χ0v) is 16.6. The Bertz CT molecular complexity index is 995. The van der Waals surface area contributed by atoms with Crippen molar-refractivity contribution in [3.05, 3.63) is 47.3 Å². The number of hydrogen-bond acceptors (Lipinski definition) is 8. The molecule has 0 aliphatic heterocycles. The molecule has 0 saturated heterocycles. The van der Waals surface area contributed by atoms with E-state index in [1.165, 1.54) is 23.1 Å². The topological polar surface area (TPSA) is 110 Å². The molecule has 0 unspecified atom stereocenters. The fourth-order valence-electron chi connectivity index (χ4n) is 2.40. The van der Waals surface area contributed by atoms with E-state index in [1.807, 2.05) is 31.2 Å². The monoisotopic (exact) mass is 415 g/mol. The van der Waals surface area contributed by atoms with Gasteiger partial charge in [-0.1, -0.05) is 46.0 Å². The lowest BCUT2D eigenvalue weighted by molar-refractivity contribution is -0.113. The van der Waals surface area contributed by atoms with Crippen LogP contribution in [-0.2, 0) is 4.79 Å². The van der Waals surface area contributed by atoms with Gasteiger partial charge in [0.1, 0.15) is 5.76 Å². The SMILES string of the molecule is Cc1ccc(NC(=O)CSc2nnc(NC(=O)c3cc(C4CC4)on3)s2)cc1. The van der Waals surface area contributed by atoms with E-state index in [0.717, 1.165) is 29.9 Å². The number of rotatable bonds is 7. The number of aryl methyl sites for hydroxylation is 1. The number of carbonyl (C=O) groups is 2. The van der Waals surface area contributed by atoms with Crippen molar-refractivity contribution < 1.29 is 14.1 Å². The fraction of sp³-hybridized carbons (Fsp3) is 0.278. The third-order valence-corrected chi connectivity index (χ3v) is 6.00. The highest BCUT2D eigenvalue weighted by molar-refractivity contribution is 8.01. The summed E-state index contributed by atoms with van der Waals surface area (Å²) >= 11 is 2.46. The first-order valence-corrected chi connectivity index (χ1v) is 10.5. The van der Waals surface area contributed by atoms with Gasteiger partial charge in [-0.2, -0.15) is 0 Å². The summed E-state index contributed by atoms with van der Waals surface area (Å²) in [6.07, 6.45) is 2.15. The third-order valence-electron chi connectivity index (χ3n) is 4.03. The number of nitrogens with zero attached hydrogens (tertiary/aromatic N) is 3. The lowest BCUT2D eigenvalue weighted by atomic mass is 10.2. The van der Waals surface area contributed by atoms with Gasteiger partial charge in [-0.15, -0.1) is 10.2 Å². The largest absolute Gasteiger partial charge is 0.360 e. The summed E-state index contributed by atoms with van der Waals surface area (Å²) in [6.45, 7) is 1.99. The van der Waals surface area contributed by atoms with E-state index in [4.69, 9.17) is 4.52 Å². The van der Waals surface area contributed by atoms with E-state index in [0.29, 0.717) is 15.4 Å². The average Bonchev–Trinajstić information content (AvgIpc) is 3.24. The number of hydrogen-bond donors (Lipinski definition) is 2. The molecule has 1 aromatic carbocycles. The molecule has 2 N–H and O–H groups in total. The molecule has 4 rings (SSSR count). The normalized spacial score (nSPS) is 13.3. The molecule has 2 amide bonds. The van der Waals surface area contributed by atoms with Gasteiger partial charge in [0.05, 0.1) is 5.75 Å². The Morgan fingerprint density at radius 1 is 1.21 bits per heavy atom. The summed E-state index contributed by atoms with van der Waals surface area (Å²) in [4.78, 5) is 24.2. The first-order chi connectivity index (χ1) is 13.6. The van der Waals surface area contributed by atoms with Gasteiger partial charge in [0.25, 0.3) is 5.91 Å². The van der Waals surface area contributed by atoms with E-state index >= 15 is 0 Å². The molecule has 144 valence electrons.